The second-order valence-corrected chi connectivity index (χ2v) is 8.11. The average Bonchev–Trinajstić information content (AvgIpc) is 2.77. The quantitative estimate of drug-likeness (QED) is 0.718. The molecule has 5 heteroatoms. The molecule has 1 heterocycles. The predicted molar refractivity (Wildman–Crippen MR) is 92.2 cm³/mol. The molecule has 2 nitrogen and oxygen atoms in total. The maximum absolute atomic E-state index is 12.6. The lowest BCUT2D eigenvalue weighted by molar-refractivity contribution is 0.104. The highest BCUT2D eigenvalue weighted by Gasteiger charge is 2.20. The van der Waals surface area contributed by atoms with Gasteiger partial charge in [0.1, 0.15) is 5.00 Å². The Hall–Kier alpha value is -1.03. The van der Waals surface area contributed by atoms with E-state index in [9.17, 15) is 4.79 Å². The predicted octanol–water partition coefficient (Wildman–Crippen LogP) is 5.74. The van der Waals surface area contributed by atoms with E-state index in [0.717, 1.165) is 11.5 Å². The number of anilines is 1. The number of carbonyl (C=O) groups is 1. The van der Waals surface area contributed by atoms with E-state index in [-0.39, 0.29) is 11.2 Å². The van der Waals surface area contributed by atoms with Crippen molar-refractivity contribution in [1.82, 2.24) is 0 Å². The lowest BCUT2D eigenvalue weighted by Gasteiger charge is -2.19. The molecule has 21 heavy (non-hydrogen) atoms. The summed E-state index contributed by atoms with van der Waals surface area (Å²) in [6.07, 6.45) is 0. The van der Waals surface area contributed by atoms with E-state index in [0.29, 0.717) is 20.5 Å². The normalized spacial score (nSPS) is 11.5. The zero-order valence-corrected chi connectivity index (χ0v) is 14.5. The summed E-state index contributed by atoms with van der Waals surface area (Å²) < 4.78 is 0.585. The van der Waals surface area contributed by atoms with Crippen LogP contribution in [0.3, 0.4) is 0 Å². The third-order valence-electron chi connectivity index (χ3n) is 2.84. The van der Waals surface area contributed by atoms with Crippen LogP contribution in [0, 0.1) is 5.41 Å². The molecule has 0 aliphatic carbocycles. The summed E-state index contributed by atoms with van der Waals surface area (Å²) >= 11 is 13.6. The molecule has 0 amide bonds. The Balaban J connectivity index is 2.32. The first-order valence-electron chi connectivity index (χ1n) is 6.60. The summed E-state index contributed by atoms with van der Waals surface area (Å²) in [5, 5.41) is 4.56. The van der Waals surface area contributed by atoms with Gasteiger partial charge in [-0.05, 0) is 23.6 Å². The van der Waals surface area contributed by atoms with Crippen LogP contribution in [0.2, 0.25) is 9.36 Å². The van der Waals surface area contributed by atoms with Crippen LogP contribution in [-0.2, 0) is 0 Å². The van der Waals surface area contributed by atoms with Gasteiger partial charge >= 0.3 is 0 Å². The standard InChI is InChI=1S/C16H17Cl2NOS/c1-16(2,3)9-19-15-11(8-13(18)21-15)14(20)10-6-4-5-7-12(10)17/h4-8,19H,9H2,1-3H3. The highest BCUT2D eigenvalue weighted by Crippen LogP contribution is 2.35. The molecule has 0 saturated carbocycles. The summed E-state index contributed by atoms with van der Waals surface area (Å²) in [5.74, 6) is -0.111. The van der Waals surface area contributed by atoms with Gasteiger partial charge in [-0.1, -0.05) is 56.1 Å². The molecule has 112 valence electrons. The molecule has 2 aromatic rings. The molecule has 1 aromatic carbocycles. The van der Waals surface area contributed by atoms with Gasteiger partial charge in [0.25, 0.3) is 0 Å². The largest absolute Gasteiger partial charge is 0.376 e. The van der Waals surface area contributed by atoms with Crippen molar-refractivity contribution < 1.29 is 4.79 Å². The third kappa shape index (κ3) is 4.22. The fourth-order valence-electron chi connectivity index (χ4n) is 1.80. The van der Waals surface area contributed by atoms with Gasteiger partial charge in [0.15, 0.2) is 5.78 Å². The van der Waals surface area contributed by atoms with E-state index in [1.54, 1.807) is 30.3 Å². The van der Waals surface area contributed by atoms with E-state index < -0.39 is 0 Å². The molecule has 0 atom stereocenters. The first kappa shape index (κ1) is 16.3. The summed E-state index contributed by atoms with van der Waals surface area (Å²) in [6, 6.07) is 8.74. The molecule has 0 aliphatic rings. The second kappa shape index (κ2) is 6.39. The molecule has 0 radical (unpaired) electrons. The van der Waals surface area contributed by atoms with Crippen molar-refractivity contribution in [3.8, 4) is 0 Å². The Morgan fingerprint density at radius 1 is 1.19 bits per heavy atom. The number of halogens is 2. The van der Waals surface area contributed by atoms with Crippen LogP contribution in [0.15, 0.2) is 30.3 Å². The number of carbonyl (C=O) groups excluding carboxylic acids is 1. The fraction of sp³-hybridized carbons (Fsp3) is 0.312. The van der Waals surface area contributed by atoms with E-state index in [1.165, 1.54) is 11.3 Å². The van der Waals surface area contributed by atoms with Crippen molar-refractivity contribution in [3.05, 3.63) is 50.8 Å². The van der Waals surface area contributed by atoms with E-state index >= 15 is 0 Å². The Kier molecular flexibility index (Phi) is 4.97. The number of ketones is 1. The van der Waals surface area contributed by atoms with Crippen molar-refractivity contribution in [2.75, 3.05) is 11.9 Å². The number of benzene rings is 1. The molecule has 2 rings (SSSR count). The van der Waals surface area contributed by atoms with Crippen LogP contribution in [0.25, 0.3) is 0 Å². The van der Waals surface area contributed by atoms with Gasteiger partial charge in [0.2, 0.25) is 0 Å². The zero-order valence-electron chi connectivity index (χ0n) is 12.2. The van der Waals surface area contributed by atoms with Crippen LogP contribution >= 0.6 is 34.5 Å². The van der Waals surface area contributed by atoms with Crippen molar-refractivity contribution in [2.24, 2.45) is 5.41 Å². The Morgan fingerprint density at radius 3 is 2.48 bits per heavy atom. The molecular formula is C16H17Cl2NOS. The van der Waals surface area contributed by atoms with Crippen molar-refractivity contribution in [1.29, 1.82) is 0 Å². The molecule has 1 aromatic heterocycles. The van der Waals surface area contributed by atoms with Crippen LogP contribution in [-0.4, -0.2) is 12.3 Å². The first-order chi connectivity index (χ1) is 9.78. The summed E-state index contributed by atoms with van der Waals surface area (Å²) in [7, 11) is 0. The lowest BCUT2D eigenvalue weighted by Crippen LogP contribution is -2.19. The molecule has 1 N–H and O–H groups in total. The maximum atomic E-state index is 12.6. The molecule has 0 bridgehead atoms. The topological polar surface area (TPSA) is 29.1 Å². The Labute approximate surface area is 139 Å². The van der Waals surface area contributed by atoms with Gasteiger partial charge in [0.05, 0.1) is 14.9 Å². The number of nitrogens with one attached hydrogen (secondary N) is 1. The third-order valence-corrected chi connectivity index (χ3v) is 4.40. The van der Waals surface area contributed by atoms with E-state index in [2.05, 4.69) is 26.1 Å². The molecule has 0 aliphatic heterocycles. The monoisotopic (exact) mass is 341 g/mol. The molecule has 0 unspecified atom stereocenters. The molecule has 0 saturated heterocycles. The molecule has 0 fully saturated rings. The maximum Gasteiger partial charge on any atom is 0.197 e. The van der Waals surface area contributed by atoms with Gasteiger partial charge in [-0.25, -0.2) is 0 Å². The SMILES string of the molecule is CC(C)(C)CNc1sc(Cl)cc1C(=O)c1ccccc1Cl. The van der Waals surface area contributed by atoms with Gasteiger partial charge in [-0.2, -0.15) is 0 Å². The van der Waals surface area contributed by atoms with Gasteiger partial charge < -0.3 is 5.32 Å². The Bertz CT molecular complexity index is 659. The van der Waals surface area contributed by atoms with Crippen LogP contribution in [0.1, 0.15) is 36.7 Å². The second-order valence-electron chi connectivity index (χ2n) is 6.02. The van der Waals surface area contributed by atoms with Crippen molar-refractivity contribution in [3.63, 3.8) is 0 Å². The van der Waals surface area contributed by atoms with E-state index in [4.69, 9.17) is 23.2 Å². The summed E-state index contributed by atoms with van der Waals surface area (Å²) in [4.78, 5) is 12.6. The minimum atomic E-state index is -0.111. The molecular weight excluding hydrogens is 325 g/mol. The fourth-order valence-corrected chi connectivity index (χ4v) is 3.14. The highest BCUT2D eigenvalue weighted by molar-refractivity contribution is 7.20. The van der Waals surface area contributed by atoms with Crippen LogP contribution < -0.4 is 5.32 Å². The van der Waals surface area contributed by atoms with Gasteiger partial charge in [0, 0.05) is 12.1 Å². The number of rotatable bonds is 4. The first-order valence-corrected chi connectivity index (χ1v) is 8.17. The Morgan fingerprint density at radius 2 is 1.86 bits per heavy atom. The highest BCUT2D eigenvalue weighted by atomic mass is 35.5. The smallest absolute Gasteiger partial charge is 0.197 e. The summed E-state index contributed by atoms with van der Waals surface area (Å²) in [6.45, 7) is 7.15. The average molecular weight is 342 g/mol. The van der Waals surface area contributed by atoms with Crippen LogP contribution in [0.5, 0.6) is 0 Å². The minimum Gasteiger partial charge on any atom is -0.376 e. The number of thiophene rings is 1. The van der Waals surface area contributed by atoms with Crippen molar-refractivity contribution in [2.45, 2.75) is 20.8 Å². The molecule has 0 spiro atoms. The lowest BCUT2D eigenvalue weighted by atomic mass is 9.97. The van der Waals surface area contributed by atoms with Crippen LogP contribution in [0.4, 0.5) is 5.00 Å². The van der Waals surface area contributed by atoms with Gasteiger partial charge in [-0.15, -0.1) is 11.3 Å². The summed E-state index contributed by atoms with van der Waals surface area (Å²) in [5.41, 5.74) is 1.18. The number of hydrogen-bond donors (Lipinski definition) is 1. The van der Waals surface area contributed by atoms with E-state index in [1.807, 2.05) is 0 Å². The van der Waals surface area contributed by atoms with Crippen molar-refractivity contribution >= 4 is 45.3 Å². The van der Waals surface area contributed by atoms with Gasteiger partial charge in [-0.3, -0.25) is 4.79 Å². The minimum absolute atomic E-state index is 0.111. The number of hydrogen-bond acceptors (Lipinski definition) is 3. The zero-order chi connectivity index (χ0) is 15.6.